The number of halogens is 2. The minimum absolute atomic E-state index is 0.102. The number of anilines is 1. The van der Waals surface area contributed by atoms with E-state index in [0.717, 1.165) is 29.2 Å². The Balaban J connectivity index is 2.48. The second-order valence-electron chi connectivity index (χ2n) is 7.23. The molecule has 0 aliphatic rings. The van der Waals surface area contributed by atoms with Crippen LogP contribution in [0.2, 0.25) is 0 Å². The van der Waals surface area contributed by atoms with Gasteiger partial charge in [0.05, 0.1) is 18.1 Å². The van der Waals surface area contributed by atoms with E-state index < -0.39 is 36.9 Å². The first-order chi connectivity index (χ1) is 16.8. The fraction of sp³-hybridized carbons (Fsp3) is 0.238. The van der Waals surface area contributed by atoms with Gasteiger partial charge in [-0.1, -0.05) is 11.8 Å². The van der Waals surface area contributed by atoms with Crippen molar-refractivity contribution in [3.63, 3.8) is 0 Å². The molecule has 1 amide bonds. The highest BCUT2D eigenvalue weighted by molar-refractivity contribution is 8.07. The van der Waals surface area contributed by atoms with Crippen LogP contribution in [-0.2, 0) is 25.2 Å². The highest BCUT2D eigenvalue weighted by Gasteiger charge is 2.21. The van der Waals surface area contributed by atoms with Crippen molar-refractivity contribution in [2.45, 2.75) is 26.8 Å². The summed E-state index contributed by atoms with van der Waals surface area (Å²) in [6, 6.07) is 2.52. The fourth-order valence-corrected chi connectivity index (χ4v) is 4.13. The number of carboxylic acid groups (broad SMARTS) is 1. The molecule has 1 aromatic heterocycles. The molecule has 0 saturated heterocycles. The molecule has 5 N–H and O–H groups in total. The second-order valence-corrected chi connectivity index (χ2v) is 9.60. The number of carboxylic acids is 1. The molecule has 1 aromatic carbocycles. The normalized spacial score (nSPS) is 12.8. The third-order valence-corrected chi connectivity index (χ3v) is 6.38. The lowest BCUT2D eigenvalue weighted by molar-refractivity contribution is -0.131. The molecule has 194 valence electrons. The van der Waals surface area contributed by atoms with Gasteiger partial charge >= 0.3 is 13.8 Å². The van der Waals surface area contributed by atoms with Gasteiger partial charge < -0.3 is 25.5 Å². The topological polar surface area (TPSA) is 176 Å². The van der Waals surface area contributed by atoms with Crippen LogP contribution < -0.4 is 5.73 Å². The molecule has 36 heavy (non-hydrogen) atoms. The summed E-state index contributed by atoms with van der Waals surface area (Å²) in [4.78, 5) is 50.6. The molecule has 0 spiro atoms. The first kappa shape index (κ1) is 29.1. The Hall–Kier alpha value is -3.16. The molecule has 11 nitrogen and oxygen atoms in total. The summed E-state index contributed by atoms with van der Waals surface area (Å²) in [7, 11) is -4.84. The van der Waals surface area contributed by atoms with E-state index in [1.807, 2.05) is 0 Å². The predicted molar refractivity (Wildman–Crippen MR) is 128 cm³/mol. The molecule has 0 fully saturated rings. The standard InChI is InChI=1S/C21H23F2N4O7PS/c1-12(27(11-28)10-15-9-25-13(2)26-20(15)24)18(5-6-34-35(31,32)33)36-19(21(29)30)8-14-7-16(22)3-4-17(14)23/h3-4,7-9,11H,5-6,10H2,1-2H3,(H,29,30)(H2,24,25,26)(H2,31,32,33)/b18-12-,19-8+. The summed E-state index contributed by atoms with van der Waals surface area (Å²) in [5, 5.41) is 9.67. The number of aliphatic carboxylic acids is 1. The summed E-state index contributed by atoms with van der Waals surface area (Å²) in [6.07, 6.45) is 2.53. The first-order valence-corrected chi connectivity index (χ1v) is 12.4. The number of carbonyl (C=O) groups is 2. The number of carbonyl (C=O) groups excluding carboxylic acids is 1. The van der Waals surface area contributed by atoms with Crippen molar-refractivity contribution in [1.29, 1.82) is 0 Å². The summed E-state index contributed by atoms with van der Waals surface area (Å²) in [5.41, 5.74) is 6.13. The molecule has 2 rings (SSSR count). The molecule has 2 aromatic rings. The number of benzene rings is 1. The van der Waals surface area contributed by atoms with Crippen LogP contribution in [0.5, 0.6) is 0 Å². The van der Waals surface area contributed by atoms with Crippen molar-refractivity contribution in [3.05, 3.63) is 68.5 Å². The summed E-state index contributed by atoms with van der Waals surface area (Å²) in [6.45, 7) is 2.45. The second kappa shape index (κ2) is 12.7. The number of nitrogens with two attached hydrogens (primary N) is 1. The smallest absolute Gasteiger partial charge is 0.469 e. The molecule has 0 bridgehead atoms. The number of rotatable bonds is 12. The molecule has 0 saturated carbocycles. The Bertz CT molecular complexity index is 1250. The Kier molecular flexibility index (Phi) is 10.3. The highest BCUT2D eigenvalue weighted by Crippen LogP contribution is 2.39. The Morgan fingerprint density at radius 3 is 2.61 bits per heavy atom. The maximum atomic E-state index is 14.1. The lowest BCUT2D eigenvalue weighted by Gasteiger charge is -2.22. The number of hydrogen-bond donors (Lipinski definition) is 4. The molecule has 0 radical (unpaired) electrons. The number of nitrogens with zero attached hydrogens (tertiary/aromatic N) is 3. The number of allylic oxidation sites excluding steroid dienone is 1. The Morgan fingerprint density at radius 1 is 1.33 bits per heavy atom. The number of aromatic nitrogens is 2. The maximum Gasteiger partial charge on any atom is 0.469 e. The molecule has 1 heterocycles. The number of amides is 1. The Labute approximate surface area is 208 Å². The molecule has 0 aliphatic carbocycles. The van der Waals surface area contributed by atoms with E-state index in [-0.39, 0.29) is 34.9 Å². The van der Waals surface area contributed by atoms with Gasteiger partial charge in [0.25, 0.3) is 0 Å². The van der Waals surface area contributed by atoms with E-state index in [1.54, 1.807) is 6.92 Å². The van der Waals surface area contributed by atoms with Crippen LogP contribution >= 0.6 is 19.6 Å². The first-order valence-electron chi connectivity index (χ1n) is 10.1. The van der Waals surface area contributed by atoms with Gasteiger partial charge in [-0.3, -0.25) is 9.32 Å². The number of aryl methyl sites for hydroxylation is 1. The van der Waals surface area contributed by atoms with Gasteiger partial charge in [-0.2, -0.15) is 0 Å². The van der Waals surface area contributed by atoms with E-state index in [2.05, 4.69) is 14.5 Å². The van der Waals surface area contributed by atoms with Crippen LogP contribution in [0.25, 0.3) is 6.08 Å². The number of nitrogen functional groups attached to an aromatic ring is 1. The highest BCUT2D eigenvalue weighted by atomic mass is 32.2. The maximum absolute atomic E-state index is 14.1. The number of hydrogen-bond acceptors (Lipinski definition) is 8. The average molecular weight is 544 g/mol. The number of phosphoric ester groups is 1. The Morgan fingerprint density at radius 2 is 2.03 bits per heavy atom. The lowest BCUT2D eigenvalue weighted by Crippen LogP contribution is -2.22. The van der Waals surface area contributed by atoms with Crippen LogP contribution in [0.4, 0.5) is 14.6 Å². The van der Waals surface area contributed by atoms with Crippen molar-refractivity contribution in [3.8, 4) is 0 Å². The summed E-state index contributed by atoms with van der Waals surface area (Å²) in [5.74, 6) is -2.61. The average Bonchev–Trinajstić information content (AvgIpc) is 2.78. The van der Waals surface area contributed by atoms with Crippen LogP contribution in [0.3, 0.4) is 0 Å². The SMILES string of the molecule is C/C(=C(\CCOP(=O)(O)O)S/C(=C/c1cc(F)ccc1F)C(=O)O)N(C=O)Cc1cnc(C)nc1N. The van der Waals surface area contributed by atoms with Crippen LogP contribution in [0.15, 0.2) is 39.9 Å². The van der Waals surface area contributed by atoms with Gasteiger partial charge in [-0.15, -0.1) is 0 Å². The van der Waals surface area contributed by atoms with Gasteiger partial charge in [0.2, 0.25) is 6.41 Å². The molecular weight excluding hydrogens is 521 g/mol. The fourth-order valence-electron chi connectivity index (χ4n) is 2.81. The molecule has 15 heteroatoms. The molecular formula is C21H23F2N4O7PS. The van der Waals surface area contributed by atoms with Crippen LogP contribution in [-0.4, -0.2) is 48.7 Å². The van der Waals surface area contributed by atoms with Crippen LogP contribution in [0, 0.1) is 18.6 Å². The summed E-state index contributed by atoms with van der Waals surface area (Å²) >= 11 is 0.583. The lowest BCUT2D eigenvalue weighted by atomic mass is 10.2. The van der Waals surface area contributed by atoms with E-state index in [9.17, 15) is 28.0 Å². The third kappa shape index (κ3) is 8.81. The van der Waals surface area contributed by atoms with Crippen molar-refractivity contribution in [2.24, 2.45) is 0 Å². The number of thioether (sulfide) groups is 1. The molecule has 0 unspecified atom stereocenters. The van der Waals surface area contributed by atoms with E-state index in [1.165, 1.54) is 13.1 Å². The van der Waals surface area contributed by atoms with Gasteiger partial charge in [-0.25, -0.2) is 28.1 Å². The van der Waals surface area contributed by atoms with E-state index in [4.69, 9.17) is 15.5 Å². The third-order valence-electron chi connectivity index (χ3n) is 4.60. The zero-order valence-electron chi connectivity index (χ0n) is 19.1. The van der Waals surface area contributed by atoms with Gasteiger partial charge in [0.1, 0.15) is 23.3 Å². The van der Waals surface area contributed by atoms with Crippen molar-refractivity contribution in [2.75, 3.05) is 12.3 Å². The molecule has 0 atom stereocenters. The quantitative estimate of drug-likeness (QED) is 0.175. The van der Waals surface area contributed by atoms with Gasteiger partial charge in [0, 0.05) is 34.3 Å². The number of phosphoric acid groups is 1. The predicted octanol–water partition coefficient (Wildman–Crippen LogP) is 3.19. The van der Waals surface area contributed by atoms with Crippen molar-refractivity contribution >= 4 is 43.9 Å². The van der Waals surface area contributed by atoms with E-state index >= 15 is 0 Å². The monoisotopic (exact) mass is 544 g/mol. The van der Waals surface area contributed by atoms with E-state index in [0.29, 0.717) is 29.6 Å². The largest absolute Gasteiger partial charge is 0.477 e. The minimum atomic E-state index is -4.84. The minimum Gasteiger partial charge on any atom is -0.477 e. The van der Waals surface area contributed by atoms with Crippen LogP contribution in [0.1, 0.15) is 30.3 Å². The van der Waals surface area contributed by atoms with Gasteiger partial charge in [-0.05, 0) is 38.1 Å². The zero-order valence-corrected chi connectivity index (χ0v) is 20.8. The van der Waals surface area contributed by atoms with Gasteiger partial charge in [0.15, 0.2) is 0 Å². The summed E-state index contributed by atoms with van der Waals surface area (Å²) < 4.78 is 43.2. The van der Waals surface area contributed by atoms with Crippen molar-refractivity contribution in [1.82, 2.24) is 14.9 Å². The zero-order chi connectivity index (χ0) is 27.0. The van der Waals surface area contributed by atoms with Crippen molar-refractivity contribution < 1.29 is 42.4 Å². The molecule has 0 aliphatic heterocycles.